The number of hydrogen-bond donors (Lipinski definition) is 1. The lowest BCUT2D eigenvalue weighted by Crippen LogP contribution is -2.32. The van der Waals surface area contributed by atoms with Gasteiger partial charge in [0.05, 0.1) is 0 Å². The molecule has 2 heteroatoms. The fourth-order valence-electron chi connectivity index (χ4n) is 1.09. The summed E-state index contributed by atoms with van der Waals surface area (Å²) in [6, 6.07) is 8.13. The van der Waals surface area contributed by atoms with Gasteiger partial charge in [-0.15, -0.1) is 0 Å². The predicted molar refractivity (Wildman–Crippen MR) is 59.5 cm³/mol. The highest BCUT2D eigenvalue weighted by atomic mass is 16.5. The molecule has 1 aromatic rings. The van der Waals surface area contributed by atoms with Gasteiger partial charge in [0.2, 0.25) is 0 Å². The molecule has 0 aliphatic rings. The number of rotatable bonds is 4. The Kier molecular flexibility index (Phi) is 3.96. The van der Waals surface area contributed by atoms with Crippen molar-refractivity contribution in [1.29, 1.82) is 0 Å². The maximum Gasteiger partial charge on any atom is 0.119 e. The molecule has 0 fully saturated rings. The second kappa shape index (κ2) is 5.01. The molecular weight excluding hydrogens is 174 g/mol. The van der Waals surface area contributed by atoms with Crippen LogP contribution in [0, 0.1) is 12.8 Å². The SMILES string of the molecule is Cc1cccc(OC[C@@H](N)C(C)C)c1. The smallest absolute Gasteiger partial charge is 0.119 e. The van der Waals surface area contributed by atoms with E-state index in [1.807, 2.05) is 18.2 Å². The molecule has 0 amide bonds. The summed E-state index contributed by atoms with van der Waals surface area (Å²) in [7, 11) is 0. The molecule has 0 spiro atoms. The third kappa shape index (κ3) is 3.38. The van der Waals surface area contributed by atoms with Gasteiger partial charge in [-0.1, -0.05) is 26.0 Å². The molecule has 0 aliphatic heterocycles. The molecule has 0 bridgehead atoms. The predicted octanol–water partition coefficient (Wildman–Crippen LogP) is 2.36. The molecule has 2 nitrogen and oxygen atoms in total. The van der Waals surface area contributed by atoms with E-state index in [1.54, 1.807) is 0 Å². The van der Waals surface area contributed by atoms with Gasteiger partial charge in [-0.3, -0.25) is 0 Å². The van der Waals surface area contributed by atoms with E-state index in [-0.39, 0.29) is 6.04 Å². The Labute approximate surface area is 86.1 Å². The summed E-state index contributed by atoms with van der Waals surface area (Å²) in [5, 5.41) is 0. The van der Waals surface area contributed by atoms with Gasteiger partial charge >= 0.3 is 0 Å². The Morgan fingerprint density at radius 1 is 1.36 bits per heavy atom. The lowest BCUT2D eigenvalue weighted by Gasteiger charge is -2.16. The van der Waals surface area contributed by atoms with E-state index in [2.05, 4.69) is 26.8 Å². The molecule has 2 N–H and O–H groups in total. The van der Waals surface area contributed by atoms with Gasteiger partial charge in [0.1, 0.15) is 12.4 Å². The van der Waals surface area contributed by atoms with Crippen LogP contribution in [0.4, 0.5) is 0 Å². The monoisotopic (exact) mass is 193 g/mol. The fraction of sp³-hybridized carbons (Fsp3) is 0.500. The van der Waals surface area contributed by atoms with Crippen LogP contribution in [-0.4, -0.2) is 12.6 Å². The van der Waals surface area contributed by atoms with Gasteiger partial charge < -0.3 is 10.5 Å². The zero-order chi connectivity index (χ0) is 10.6. The van der Waals surface area contributed by atoms with Crippen molar-refractivity contribution in [2.75, 3.05) is 6.61 Å². The summed E-state index contributed by atoms with van der Waals surface area (Å²) < 4.78 is 5.58. The van der Waals surface area contributed by atoms with Gasteiger partial charge in [0.15, 0.2) is 0 Å². The number of ether oxygens (including phenoxy) is 1. The first kappa shape index (κ1) is 11.1. The van der Waals surface area contributed by atoms with Crippen LogP contribution < -0.4 is 10.5 Å². The maximum absolute atomic E-state index is 5.88. The van der Waals surface area contributed by atoms with Crippen molar-refractivity contribution in [1.82, 2.24) is 0 Å². The molecule has 0 saturated carbocycles. The lowest BCUT2D eigenvalue weighted by atomic mass is 10.1. The van der Waals surface area contributed by atoms with E-state index in [9.17, 15) is 0 Å². The van der Waals surface area contributed by atoms with Crippen LogP contribution >= 0.6 is 0 Å². The Hall–Kier alpha value is -1.02. The molecule has 14 heavy (non-hydrogen) atoms. The average molecular weight is 193 g/mol. The summed E-state index contributed by atoms with van der Waals surface area (Å²) in [5.41, 5.74) is 7.09. The molecule has 1 atom stereocenters. The van der Waals surface area contributed by atoms with Crippen LogP contribution in [0.2, 0.25) is 0 Å². The van der Waals surface area contributed by atoms with Crippen LogP contribution in [0.5, 0.6) is 5.75 Å². The van der Waals surface area contributed by atoms with E-state index < -0.39 is 0 Å². The van der Waals surface area contributed by atoms with E-state index in [0.29, 0.717) is 12.5 Å². The van der Waals surface area contributed by atoms with Crippen LogP contribution in [0.15, 0.2) is 24.3 Å². The fourth-order valence-corrected chi connectivity index (χ4v) is 1.09. The number of aryl methyl sites for hydroxylation is 1. The minimum absolute atomic E-state index is 0.107. The van der Waals surface area contributed by atoms with Crippen LogP contribution in [0.3, 0.4) is 0 Å². The van der Waals surface area contributed by atoms with E-state index in [0.717, 1.165) is 5.75 Å². The van der Waals surface area contributed by atoms with Crippen LogP contribution in [-0.2, 0) is 0 Å². The molecule has 0 unspecified atom stereocenters. The zero-order valence-corrected chi connectivity index (χ0v) is 9.16. The number of hydrogen-bond acceptors (Lipinski definition) is 2. The molecule has 1 rings (SSSR count). The van der Waals surface area contributed by atoms with E-state index in [4.69, 9.17) is 10.5 Å². The first-order valence-electron chi connectivity index (χ1n) is 5.04. The average Bonchev–Trinajstić information content (AvgIpc) is 2.14. The number of benzene rings is 1. The van der Waals surface area contributed by atoms with Crippen molar-refractivity contribution in [2.24, 2.45) is 11.7 Å². The third-order valence-corrected chi connectivity index (χ3v) is 2.29. The molecule has 0 aliphatic carbocycles. The van der Waals surface area contributed by atoms with Gasteiger partial charge in [-0.25, -0.2) is 0 Å². The highest BCUT2D eigenvalue weighted by Crippen LogP contribution is 2.13. The Bertz CT molecular complexity index is 283. The van der Waals surface area contributed by atoms with E-state index in [1.165, 1.54) is 5.56 Å². The quantitative estimate of drug-likeness (QED) is 0.796. The van der Waals surface area contributed by atoms with Gasteiger partial charge in [-0.2, -0.15) is 0 Å². The second-order valence-electron chi connectivity index (χ2n) is 4.04. The first-order chi connectivity index (χ1) is 6.59. The summed E-state index contributed by atoms with van der Waals surface area (Å²) in [6.45, 7) is 6.84. The first-order valence-corrected chi connectivity index (χ1v) is 5.04. The molecule has 0 aromatic heterocycles. The Morgan fingerprint density at radius 3 is 2.64 bits per heavy atom. The van der Waals surface area contributed by atoms with Crippen molar-refractivity contribution >= 4 is 0 Å². The lowest BCUT2D eigenvalue weighted by molar-refractivity contribution is 0.259. The van der Waals surface area contributed by atoms with Crippen molar-refractivity contribution in [3.8, 4) is 5.75 Å². The minimum Gasteiger partial charge on any atom is -0.492 e. The molecule has 0 radical (unpaired) electrons. The van der Waals surface area contributed by atoms with Crippen molar-refractivity contribution in [3.05, 3.63) is 29.8 Å². The molecular formula is C12H19NO. The highest BCUT2D eigenvalue weighted by molar-refractivity contribution is 5.27. The maximum atomic E-state index is 5.88. The minimum atomic E-state index is 0.107. The van der Waals surface area contributed by atoms with E-state index >= 15 is 0 Å². The summed E-state index contributed by atoms with van der Waals surface area (Å²) in [4.78, 5) is 0. The van der Waals surface area contributed by atoms with Crippen molar-refractivity contribution in [3.63, 3.8) is 0 Å². The summed E-state index contributed by atoms with van der Waals surface area (Å²) in [5.74, 6) is 1.36. The summed E-state index contributed by atoms with van der Waals surface area (Å²) >= 11 is 0. The highest BCUT2D eigenvalue weighted by Gasteiger charge is 2.07. The molecule has 78 valence electrons. The second-order valence-corrected chi connectivity index (χ2v) is 4.04. The topological polar surface area (TPSA) is 35.2 Å². The summed E-state index contributed by atoms with van der Waals surface area (Å²) in [6.07, 6.45) is 0. The normalized spacial score (nSPS) is 12.9. The molecule has 1 aromatic carbocycles. The van der Waals surface area contributed by atoms with Crippen LogP contribution in [0.25, 0.3) is 0 Å². The van der Waals surface area contributed by atoms with Crippen molar-refractivity contribution < 1.29 is 4.74 Å². The van der Waals surface area contributed by atoms with Crippen LogP contribution in [0.1, 0.15) is 19.4 Å². The zero-order valence-electron chi connectivity index (χ0n) is 9.16. The van der Waals surface area contributed by atoms with Gasteiger partial charge in [0, 0.05) is 6.04 Å². The Balaban J connectivity index is 2.45. The number of nitrogens with two attached hydrogens (primary N) is 1. The standard InChI is InChI=1S/C12H19NO/c1-9(2)12(13)8-14-11-6-4-5-10(3)7-11/h4-7,9,12H,8,13H2,1-3H3/t12-/m1/s1. The third-order valence-electron chi connectivity index (χ3n) is 2.29. The van der Waals surface area contributed by atoms with Gasteiger partial charge in [-0.05, 0) is 30.5 Å². The molecule has 0 saturated heterocycles. The molecule has 0 heterocycles. The largest absolute Gasteiger partial charge is 0.492 e. The van der Waals surface area contributed by atoms with Crippen molar-refractivity contribution in [2.45, 2.75) is 26.8 Å². The van der Waals surface area contributed by atoms with Gasteiger partial charge in [0.25, 0.3) is 0 Å². The Morgan fingerprint density at radius 2 is 2.07 bits per heavy atom.